The molecule has 0 aliphatic heterocycles. The lowest BCUT2D eigenvalue weighted by Gasteiger charge is -2.05. The van der Waals surface area contributed by atoms with Crippen LogP contribution < -0.4 is 10.1 Å². The Morgan fingerprint density at radius 2 is 2.05 bits per heavy atom. The van der Waals surface area contributed by atoms with Crippen LogP contribution in [0.2, 0.25) is 5.02 Å². The van der Waals surface area contributed by atoms with Crippen LogP contribution in [0.25, 0.3) is 10.2 Å². The lowest BCUT2D eigenvalue weighted by atomic mass is 10.3. The molecule has 0 spiro atoms. The molecule has 0 fully saturated rings. The number of halogens is 2. The van der Waals surface area contributed by atoms with Crippen LogP contribution in [-0.4, -0.2) is 17.5 Å². The van der Waals surface area contributed by atoms with E-state index in [1.807, 2.05) is 24.3 Å². The van der Waals surface area contributed by atoms with Crippen LogP contribution in [0.3, 0.4) is 0 Å². The highest BCUT2D eigenvalue weighted by molar-refractivity contribution is 9.10. The summed E-state index contributed by atoms with van der Waals surface area (Å²) < 4.78 is 7.29. The summed E-state index contributed by atoms with van der Waals surface area (Å²) in [6, 6.07) is 12.8. The highest BCUT2D eigenvalue weighted by Crippen LogP contribution is 2.30. The number of para-hydroxylation sites is 1. The molecule has 112 valence electrons. The van der Waals surface area contributed by atoms with Gasteiger partial charge in [-0.1, -0.05) is 44.9 Å². The van der Waals surface area contributed by atoms with Crippen molar-refractivity contribution in [1.82, 2.24) is 4.98 Å². The normalized spacial score (nSPS) is 10.6. The van der Waals surface area contributed by atoms with Gasteiger partial charge in [0.05, 0.1) is 9.72 Å². The molecule has 0 radical (unpaired) electrons. The summed E-state index contributed by atoms with van der Waals surface area (Å²) in [5.41, 5.74) is 0.693. The van der Waals surface area contributed by atoms with Gasteiger partial charge in [-0.15, -0.1) is 0 Å². The molecule has 22 heavy (non-hydrogen) atoms. The Labute approximate surface area is 144 Å². The largest absolute Gasteiger partial charge is 0.484 e. The number of carbonyl (C=O) groups excluding carboxylic acids is 1. The Bertz CT molecular complexity index is 820. The van der Waals surface area contributed by atoms with Crippen LogP contribution in [0.1, 0.15) is 0 Å². The lowest BCUT2D eigenvalue weighted by molar-refractivity contribution is -0.118. The molecular formula is C15H10BrClN2O2S. The van der Waals surface area contributed by atoms with Crippen molar-refractivity contribution in [3.8, 4) is 5.75 Å². The van der Waals surface area contributed by atoms with Crippen molar-refractivity contribution in [3.63, 3.8) is 0 Å². The molecule has 4 nitrogen and oxygen atoms in total. The molecule has 2 aromatic carbocycles. The van der Waals surface area contributed by atoms with Crippen molar-refractivity contribution >= 4 is 60.1 Å². The number of carbonyl (C=O) groups is 1. The molecule has 0 unspecified atom stereocenters. The molecule has 1 amide bonds. The maximum atomic E-state index is 11.9. The quantitative estimate of drug-likeness (QED) is 0.692. The summed E-state index contributed by atoms with van der Waals surface area (Å²) in [6.45, 7) is -0.0781. The fourth-order valence-electron chi connectivity index (χ4n) is 1.80. The summed E-state index contributed by atoms with van der Waals surface area (Å²) in [6.07, 6.45) is 0. The van der Waals surface area contributed by atoms with Crippen molar-refractivity contribution in [3.05, 3.63) is 52.0 Å². The Hall–Kier alpha value is -1.63. The fourth-order valence-corrected chi connectivity index (χ4v) is 3.25. The van der Waals surface area contributed by atoms with Gasteiger partial charge in [-0.25, -0.2) is 4.98 Å². The van der Waals surface area contributed by atoms with E-state index >= 15 is 0 Å². The van der Waals surface area contributed by atoms with Crippen molar-refractivity contribution in [2.45, 2.75) is 0 Å². The van der Waals surface area contributed by atoms with E-state index in [1.54, 1.807) is 18.2 Å². The van der Waals surface area contributed by atoms with Gasteiger partial charge in [-0.2, -0.15) is 0 Å². The van der Waals surface area contributed by atoms with Crippen LogP contribution in [0, 0.1) is 0 Å². The Balaban J connectivity index is 1.63. The second-order valence-corrected chi connectivity index (χ2v) is 6.75. The topological polar surface area (TPSA) is 51.2 Å². The number of nitrogens with one attached hydrogen (secondary N) is 1. The Morgan fingerprint density at radius 3 is 2.77 bits per heavy atom. The van der Waals surface area contributed by atoms with Crippen LogP contribution in [0.15, 0.2) is 46.9 Å². The van der Waals surface area contributed by atoms with Gasteiger partial charge in [0.1, 0.15) is 11.3 Å². The standard InChI is InChI=1S/C15H10BrClN2O2S/c16-9-4-6-10(7-5-9)21-8-13(20)18-15-19-14-11(17)2-1-3-12(14)22-15/h1-7H,8H2,(H,18,19,20). The molecule has 0 bridgehead atoms. The first-order chi connectivity index (χ1) is 10.6. The smallest absolute Gasteiger partial charge is 0.264 e. The molecule has 3 aromatic rings. The number of ether oxygens (including phenoxy) is 1. The van der Waals surface area contributed by atoms with E-state index in [0.717, 1.165) is 9.17 Å². The summed E-state index contributed by atoms with van der Waals surface area (Å²) in [5, 5.41) is 3.79. The average Bonchev–Trinajstić information content (AvgIpc) is 2.90. The van der Waals surface area contributed by atoms with Gasteiger partial charge in [0.25, 0.3) is 5.91 Å². The van der Waals surface area contributed by atoms with E-state index in [1.165, 1.54) is 11.3 Å². The highest BCUT2D eigenvalue weighted by atomic mass is 79.9. The summed E-state index contributed by atoms with van der Waals surface area (Å²) in [5.74, 6) is 0.365. The SMILES string of the molecule is O=C(COc1ccc(Br)cc1)Nc1nc2c(Cl)cccc2s1. The van der Waals surface area contributed by atoms with Crippen molar-refractivity contribution in [1.29, 1.82) is 0 Å². The number of fused-ring (bicyclic) bond motifs is 1. The van der Waals surface area contributed by atoms with Gasteiger partial charge >= 0.3 is 0 Å². The zero-order chi connectivity index (χ0) is 15.5. The maximum absolute atomic E-state index is 11.9. The third kappa shape index (κ3) is 3.58. The number of nitrogens with zero attached hydrogens (tertiary/aromatic N) is 1. The Kier molecular flexibility index (Phi) is 4.61. The van der Waals surface area contributed by atoms with Crippen molar-refractivity contribution < 1.29 is 9.53 Å². The molecular weight excluding hydrogens is 388 g/mol. The predicted octanol–water partition coefficient (Wildman–Crippen LogP) is 4.73. The molecule has 3 rings (SSSR count). The maximum Gasteiger partial charge on any atom is 0.264 e. The average molecular weight is 398 g/mol. The van der Waals surface area contributed by atoms with Crippen LogP contribution in [0.5, 0.6) is 5.75 Å². The van der Waals surface area contributed by atoms with Crippen molar-refractivity contribution in [2.75, 3.05) is 11.9 Å². The number of amides is 1. The van der Waals surface area contributed by atoms with Crippen LogP contribution >= 0.6 is 38.9 Å². The number of rotatable bonds is 4. The number of hydrogen-bond donors (Lipinski definition) is 1. The first kappa shape index (κ1) is 15.3. The second kappa shape index (κ2) is 6.64. The minimum Gasteiger partial charge on any atom is -0.484 e. The zero-order valence-corrected chi connectivity index (χ0v) is 14.3. The lowest BCUT2D eigenvalue weighted by Crippen LogP contribution is -2.19. The molecule has 0 aliphatic carbocycles. The number of thiazole rings is 1. The van der Waals surface area contributed by atoms with E-state index in [0.29, 0.717) is 21.4 Å². The molecule has 1 heterocycles. The van der Waals surface area contributed by atoms with E-state index < -0.39 is 0 Å². The van der Waals surface area contributed by atoms with E-state index in [-0.39, 0.29) is 12.5 Å². The van der Waals surface area contributed by atoms with Crippen molar-refractivity contribution in [2.24, 2.45) is 0 Å². The van der Waals surface area contributed by atoms with E-state index in [4.69, 9.17) is 16.3 Å². The molecule has 0 atom stereocenters. The summed E-state index contributed by atoms with van der Waals surface area (Å²) >= 11 is 10.8. The van der Waals surface area contributed by atoms with Gasteiger partial charge in [-0.05, 0) is 36.4 Å². The Morgan fingerprint density at radius 1 is 1.27 bits per heavy atom. The van der Waals surface area contributed by atoms with Crippen LogP contribution in [0.4, 0.5) is 5.13 Å². The van der Waals surface area contributed by atoms with Gasteiger partial charge in [0, 0.05) is 4.47 Å². The summed E-state index contributed by atoms with van der Waals surface area (Å²) in [7, 11) is 0. The molecule has 0 aliphatic rings. The number of aromatic nitrogens is 1. The third-order valence-corrected chi connectivity index (χ3v) is 4.57. The van der Waals surface area contributed by atoms with E-state index in [9.17, 15) is 4.79 Å². The molecule has 1 aromatic heterocycles. The summed E-state index contributed by atoms with van der Waals surface area (Å²) in [4.78, 5) is 16.2. The number of hydrogen-bond acceptors (Lipinski definition) is 4. The minimum absolute atomic E-state index is 0.0781. The highest BCUT2D eigenvalue weighted by Gasteiger charge is 2.10. The van der Waals surface area contributed by atoms with Gasteiger partial charge in [-0.3, -0.25) is 10.1 Å². The first-order valence-corrected chi connectivity index (χ1v) is 8.34. The molecule has 7 heteroatoms. The molecule has 1 N–H and O–H groups in total. The number of benzene rings is 2. The molecule has 0 saturated carbocycles. The minimum atomic E-state index is -0.266. The van der Waals surface area contributed by atoms with Gasteiger partial charge in [0.2, 0.25) is 0 Å². The fraction of sp³-hybridized carbons (Fsp3) is 0.0667. The van der Waals surface area contributed by atoms with Gasteiger partial charge < -0.3 is 4.74 Å². The third-order valence-electron chi connectivity index (χ3n) is 2.80. The monoisotopic (exact) mass is 396 g/mol. The first-order valence-electron chi connectivity index (χ1n) is 6.35. The predicted molar refractivity (Wildman–Crippen MR) is 92.9 cm³/mol. The second-order valence-electron chi connectivity index (χ2n) is 4.40. The van der Waals surface area contributed by atoms with Crippen LogP contribution in [-0.2, 0) is 4.79 Å². The number of anilines is 1. The van der Waals surface area contributed by atoms with Gasteiger partial charge in [0.15, 0.2) is 11.7 Å². The van der Waals surface area contributed by atoms with E-state index in [2.05, 4.69) is 26.2 Å². The zero-order valence-electron chi connectivity index (χ0n) is 11.2. The molecule has 0 saturated heterocycles.